The van der Waals surface area contributed by atoms with Crippen LogP contribution in [0.1, 0.15) is 19.1 Å². The highest BCUT2D eigenvalue weighted by molar-refractivity contribution is 8.00. The lowest BCUT2D eigenvalue weighted by Gasteiger charge is -2.16. The van der Waals surface area contributed by atoms with Crippen molar-refractivity contribution in [1.29, 1.82) is 0 Å². The molecule has 1 heterocycles. The van der Waals surface area contributed by atoms with E-state index < -0.39 is 0 Å². The maximum atomic E-state index is 11.8. The van der Waals surface area contributed by atoms with Crippen LogP contribution in [0.2, 0.25) is 0 Å². The Hall–Kier alpha value is -0.940. The Morgan fingerprint density at radius 1 is 1.65 bits per heavy atom. The largest absolute Gasteiger partial charge is 0.467 e. The van der Waals surface area contributed by atoms with E-state index in [1.165, 1.54) is 0 Å². The number of aliphatic hydroxyl groups excluding tert-OH is 1. The van der Waals surface area contributed by atoms with Crippen LogP contribution in [0.5, 0.6) is 0 Å². The van der Waals surface area contributed by atoms with Crippen LogP contribution in [0, 0.1) is 0 Å². The highest BCUT2D eigenvalue weighted by Crippen LogP contribution is 2.14. The summed E-state index contributed by atoms with van der Waals surface area (Å²) in [5, 5.41) is 9.07. The Labute approximate surface area is 106 Å². The van der Waals surface area contributed by atoms with E-state index in [1.54, 1.807) is 30.0 Å². The van der Waals surface area contributed by atoms with Crippen molar-refractivity contribution >= 4 is 17.7 Å². The highest BCUT2D eigenvalue weighted by atomic mass is 32.2. The number of carbonyl (C=O) groups excluding carboxylic acids is 1. The zero-order valence-electron chi connectivity index (χ0n) is 10.3. The third-order valence-corrected chi connectivity index (χ3v) is 3.64. The number of furan rings is 1. The average Bonchev–Trinajstić information content (AvgIpc) is 2.79. The summed E-state index contributed by atoms with van der Waals surface area (Å²) in [5.41, 5.74) is 0. The third kappa shape index (κ3) is 5.28. The lowest BCUT2D eigenvalue weighted by atomic mass is 10.3. The molecule has 0 spiro atoms. The normalized spacial score (nSPS) is 12.4. The first-order valence-electron chi connectivity index (χ1n) is 5.62. The number of hydrogen-bond donors (Lipinski definition) is 1. The molecule has 0 aliphatic rings. The maximum absolute atomic E-state index is 11.8. The van der Waals surface area contributed by atoms with Crippen LogP contribution in [-0.4, -0.2) is 40.6 Å². The molecule has 5 heteroatoms. The van der Waals surface area contributed by atoms with Crippen LogP contribution in [0.15, 0.2) is 22.8 Å². The standard InChI is InChI=1S/C12H19NO3S/c1-10(5-6-14)17-9-12(15)13(2)8-11-4-3-7-16-11/h3-4,7,10,14H,5-6,8-9H2,1-2H3. The number of aliphatic hydroxyl groups is 1. The molecule has 1 amide bonds. The van der Waals surface area contributed by atoms with Crippen LogP contribution >= 0.6 is 11.8 Å². The average molecular weight is 257 g/mol. The van der Waals surface area contributed by atoms with Crippen molar-refractivity contribution in [3.05, 3.63) is 24.2 Å². The summed E-state index contributed by atoms with van der Waals surface area (Å²) in [6, 6.07) is 3.66. The number of rotatable bonds is 7. The third-order valence-electron chi connectivity index (χ3n) is 2.43. The monoisotopic (exact) mass is 257 g/mol. The smallest absolute Gasteiger partial charge is 0.232 e. The molecule has 0 radical (unpaired) electrons. The second kappa shape index (κ2) is 7.40. The molecule has 0 fully saturated rings. The van der Waals surface area contributed by atoms with Gasteiger partial charge in [0.15, 0.2) is 0 Å². The Bertz CT molecular complexity index is 327. The van der Waals surface area contributed by atoms with Gasteiger partial charge in [0.1, 0.15) is 5.76 Å². The van der Waals surface area contributed by atoms with Crippen LogP contribution in [0.3, 0.4) is 0 Å². The van der Waals surface area contributed by atoms with Crippen molar-refractivity contribution < 1.29 is 14.3 Å². The van der Waals surface area contributed by atoms with E-state index in [-0.39, 0.29) is 12.5 Å². The van der Waals surface area contributed by atoms with Crippen LogP contribution < -0.4 is 0 Å². The first-order valence-corrected chi connectivity index (χ1v) is 6.67. The van der Waals surface area contributed by atoms with Gasteiger partial charge in [0.25, 0.3) is 0 Å². The molecule has 4 nitrogen and oxygen atoms in total. The van der Waals surface area contributed by atoms with Crippen molar-refractivity contribution in [2.75, 3.05) is 19.4 Å². The van der Waals surface area contributed by atoms with Gasteiger partial charge in [-0.25, -0.2) is 0 Å². The van der Waals surface area contributed by atoms with Crippen LogP contribution in [0.25, 0.3) is 0 Å². The number of hydrogen-bond acceptors (Lipinski definition) is 4. The topological polar surface area (TPSA) is 53.7 Å². The quantitative estimate of drug-likeness (QED) is 0.808. The van der Waals surface area contributed by atoms with Gasteiger partial charge in [0, 0.05) is 18.9 Å². The maximum Gasteiger partial charge on any atom is 0.232 e. The summed E-state index contributed by atoms with van der Waals surface area (Å²) in [7, 11) is 1.77. The Morgan fingerprint density at radius 3 is 3.00 bits per heavy atom. The lowest BCUT2D eigenvalue weighted by Crippen LogP contribution is -2.28. The predicted octanol–water partition coefficient (Wildman–Crippen LogP) is 1.74. The van der Waals surface area contributed by atoms with Crippen molar-refractivity contribution in [2.24, 2.45) is 0 Å². The molecule has 1 N–H and O–H groups in total. The van der Waals surface area contributed by atoms with Crippen molar-refractivity contribution in [2.45, 2.75) is 25.1 Å². The molecule has 17 heavy (non-hydrogen) atoms. The van der Waals surface area contributed by atoms with Gasteiger partial charge in [-0.3, -0.25) is 4.79 Å². The molecule has 1 rings (SSSR count). The van der Waals surface area contributed by atoms with Crippen molar-refractivity contribution in [3.63, 3.8) is 0 Å². The van der Waals surface area contributed by atoms with Gasteiger partial charge in [-0.05, 0) is 18.6 Å². The van der Waals surface area contributed by atoms with Crippen LogP contribution in [-0.2, 0) is 11.3 Å². The van der Waals surface area contributed by atoms with Gasteiger partial charge in [-0.2, -0.15) is 0 Å². The fourth-order valence-electron chi connectivity index (χ4n) is 1.31. The molecule has 0 aliphatic heterocycles. The number of carbonyl (C=O) groups is 1. The first-order chi connectivity index (χ1) is 8.13. The molecule has 0 aromatic carbocycles. The summed E-state index contributed by atoms with van der Waals surface area (Å²) >= 11 is 1.57. The summed E-state index contributed by atoms with van der Waals surface area (Å²) in [6.07, 6.45) is 2.32. The minimum Gasteiger partial charge on any atom is -0.467 e. The number of amides is 1. The van der Waals surface area contributed by atoms with E-state index >= 15 is 0 Å². The molecule has 0 bridgehead atoms. The van der Waals surface area contributed by atoms with Gasteiger partial charge < -0.3 is 14.4 Å². The first kappa shape index (κ1) is 14.1. The van der Waals surface area contributed by atoms with E-state index in [1.807, 2.05) is 19.1 Å². The van der Waals surface area contributed by atoms with Crippen LogP contribution in [0.4, 0.5) is 0 Å². The zero-order chi connectivity index (χ0) is 12.7. The molecular weight excluding hydrogens is 238 g/mol. The Balaban J connectivity index is 2.27. The van der Waals surface area contributed by atoms with Gasteiger partial charge in [-0.15, -0.1) is 11.8 Å². The van der Waals surface area contributed by atoms with Gasteiger partial charge in [-0.1, -0.05) is 6.92 Å². The summed E-state index contributed by atoms with van der Waals surface area (Å²) < 4.78 is 5.18. The molecule has 1 unspecified atom stereocenters. The van der Waals surface area contributed by atoms with Gasteiger partial charge in [0.05, 0.1) is 18.6 Å². The molecule has 1 aromatic heterocycles. The molecule has 0 aliphatic carbocycles. The summed E-state index contributed by atoms with van der Waals surface area (Å²) in [5.74, 6) is 1.31. The van der Waals surface area contributed by atoms with E-state index in [0.717, 1.165) is 12.2 Å². The minimum absolute atomic E-state index is 0.0798. The second-order valence-electron chi connectivity index (χ2n) is 3.96. The molecule has 96 valence electrons. The zero-order valence-corrected chi connectivity index (χ0v) is 11.1. The molecule has 1 aromatic rings. The number of nitrogens with zero attached hydrogens (tertiary/aromatic N) is 1. The fourth-order valence-corrected chi connectivity index (χ4v) is 2.23. The molecule has 1 atom stereocenters. The highest BCUT2D eigenvalue weighted by Gasteiger charge is 2.12. The van der Waals surface area contributed by atoms with E-state index in [0.29, 0.717) is 17.5 Å². The lowest BCUT2D eigenvalue weighted by molar-refractivity contribution is -0.127. The van der Waals surface area contributed by atoms with Gasteiger partial charge >= 0.3 is 0 Å². The predicted molar refractivity (Wildman–Crippen MR) is 68.8 cm³/mol. The fraction of sp³-hybridized carbons (Fsp3) is 0.583. The van der Waals surface area contributed by atoms with E-state index in [4.69, 9.17) is 9.52 Å². The van der Waals surface area contributed by atoms with Crippen molar-refractivity contribution in [1.82, 2.24) is 4.90 Å². The Kier molecular flexibility index (Phi) is 6.15. The molecule has 0 saturated carbocycles. The van der Waals surface area contributed by atoms with E-state index in [2.05, 4.69) is 0 Å². The summed E-state index contributed by atoms with van der Waals surface area (Å²) in [4.78, 5) is 13.4. The SMILES string of the molecule is CC(CCO)SCC(=O)N(C)Cc1ccco1. The molecular formula is C12H19NO3S. The van der Waals surface area contributed by atoms with Crippen molar-refractivity contribution in [3.8, 4) is 0 Å². The second-order valence-corrected chi connectivity index (χ2v) is 5.39. The summed E-state index contributed by atoms with van der Waals surface area (Å²) in [6.45, 7) is 2.69. The molecule has 0 saturated heterocycles. The number of thioether (sulfide) groups is 1. The van der Waals surface area contributed by atoms with Gasteiger partial charge in [0.2, 0.25) is 5.91 Å². The minimum atomic E-state index is 0.0798. The van der Waals surface area contributed by atoms with E-state index in [9.17, 15) is 4.79 Å². The Morgan fingerprint density at radius 2 is 2.41 bits per heavy atom.